The topological polar surface area (TPSA) is 92.9 Å². The lowest BCUT2D eigenvalue weighted by Gasteiger charge is -2.32. The predicted molar refractivity (Wildman–Crippen MR) is 115 cm³/mol. The molecule has 1 saturated heterocycles. The molecule has 0 aliphatic carbocycles. The minimum atomic E-state index is -0.407. The van der Waals surface area contributed by atoms with Crippen molar-refractivity contribution >= 4 is 35.8 Å². The molecule has 1 unspecified atom stereocenters. The van der Waals surface area contributed by atoms with Gasteiger partial charge in [-0.05, 0) is 49.2 Å². The third-order valence-electron chi connectivity index (χ3n) is 5.43. The molecule has 8 heteroatoms. The third kappa shape index (κ3) is 3.71. The van der Waals surface area contributed by atoms with Gasteiger partial charge in [0.15, 0.2) is 0 Å². The van der Waals surface area contributed by atoms with Crippen molar-refractivity contribution in [3.8, 4) is 0 Å². The van der Waals surface area contributed by atoms with Crippen LogP contribution in [0, 0.1) is 13.8 Å². The number of fused-ring (bicyclic) bond motifs is 1. The van der Waals surface area contributed by atoms with E-state index in [1.54, 1.807) is 17.0 Å². The molecule has 0 aromatic heterocycles. The fourth-order valence-electron chi connectivity index (χ4n) is 3.78. The molecule has 0 bridgehead atoms. The number of halogens is 1. The number of nitrogens with zero attached hydrogens (tertiary/aromatic N) is 2. The highest BCUT2D eigenvalue weighted by atomic mass is 35.5. The number of anilines is 1. The van der Waals surface area contributed by atoms with E-state index < -0.39 is 5.91 Å². The quantitative estimate of drug-likeness (QED) is 0.756. The van der Waals surface area contributed by atoms with Gasteiger partial charge in [0.2, 0.25) is 0 Å². The molecule has 2 N–H and O–H groups in total. The minimum Gasteiger partial charge on any atom is -0.373 e. The average Bonchev–Trinajstić information content (AvgIpc) is 2.99. The zero-order valence-electron chi connectivity index (χ0n) is 16.9. The van der Waals surface area contributed by atoms with E-state index >= 15 is 0 Å². The standard InChI is InChI=1S/C22H23N3O4.ClH/c1-13-3-4-14(2)19(9-13)25-21(27)17-6-5-15(10-18(17)22(25)28)20(26)24-7-8-29-16(11-23)12-24;/h3-6,9-10,16H,7-8,11-12,23H2,1-2H3;1H. The number of morpholine rings is 1. The monoisotopic (exact) mass is 429 g/mol. The molecule has 30 heavy (non-hydrogen) atoms. The average molecular weight is 430 g/mol. The molecule has 1 fully saturated rings. The van der Waals surface area contributed by atoms with E-state index in [-0.39, 0.29) is 35.9 Å². The van der Waals surface area contributed by atoms with Crippen LogP contribution in [-0.2, 0) is 4.74 Å². The summed E-state index contributed by atoms with van der Waals surface area (Å²) in [6.07, 6.45) is -0.190. The first-order valence-electron chi connectivity index (χ1n) is 9.61. The number of hydrogen-bond acceptors (Lipinski definition) is 5. The number of hydrogen-bond donors (Lipinski definition) is 1. The zero-order chi connectivity index (χ0) is 20.7. The molecular weight excluding hydrogens is 406 g/mol. The number of carbonyl (C=O) groups excluding carboxylic acids is 3. The SMILES string of the molecule is Cc1ccc(C)c(N2C(=O)c3ccc(C(=O)N4CCOC(CN)C4)cc3C2=O)c1.Cl. The van der Waals surface area contributed by atoms with Crippen LogP contribution in [0.4, 0.5) is 5.69 Å². The van der Waals surface area contributed by atoms with Crippen molar-refractivity contribution in [2.45, 2.75) is 20.0 Å². The number of amides is 3. The molecule has 3 amide bonds. The molecule has 7 nitrogen and oxygen atoms in total. The maximum atomic E-state index is 13.1. The van der Waals surface area contributed by atoms with Gasteiger partial charge < -0.3 is 15.4 Å². The summed E-state index contributed by atoms with van der Waals surface area (Å²) in [7, 11) is 0. The molecule has 4 rings (SSSR count). The van der Waals surface area contributed by atoms with Crippen LogP contribution < -0.4 is 10.6 Å². The van der Waals surface area contributed by atoms with E-state index in [4.69, 9.17) is 10.5 Å². The Kier molecular flexibility index (Phi) is 6.26. The van der Waals surface area contributed by atoms with Crippen molar-refractivity contribution in [3.05, 3.63) is 64.2 Å². The van der Waals surface area contributed by atoms with Gasteiger partial charge >= 0.3 is 0 Å². The molecule has 0 radical (unpaired) electrons. The molecule has 2 heterocycles. The van der Waals surface area contributed by atoms with Gasteiger partial charge in [0, 0.05) is 25.2 Å². The van der Waals surface area contributed by atoms with Gasteiger partial charge in [-0.1, -0.05) is 12.1 Å². The van der Waals surface area contributed by atoms with Gasteiger partial charge in [0.1, 0.15) is 0 Å². The summed E-state index contributed by atoms with van der Waals surface area (Å²) < 4.78 is 5.51. The van der Waals surface area contributed by atoms with Crippen molar-refractivity contribution in [3.63, 3.8) is 0 Å². The molecule has 158 valence electrons. The van der Waals surface area contributed by atoms with Crippen LogP contribution in [0.25, 0.3) is 0 Å². The Hall–Kier alpha value is -2.74. The highest BCUT2D eigenvalue weighted by molar-refractivity contribution is 6.35. The first-order valence-corrected chi connectivity index (χ1v) is 9.61. The minimum absolute atomic E-state index is 0. The first kappa shape index (κ1) is 22.0. The summed E-state index contributed by atoms with van der Waals surface area (Å²) in [6.45, 7) is 5.42. The van der Waals surface area contributed by atoms with Crippen LogP contribution in [0.5, 0.6) is 0 Å². The lowest BCUT2D eigenvalue weighted by molar-refractivity contribution is -0.0167. The normalized spacial score (nSPS) is 18.3. The van der Waals surface area contributed by atoms with Gasteiger partial charge in [-0.2, -0.15) is 0 Å². The predicted octanol–water partition coefficient (Wildman–Crippen LogP) is 2.33. The Balaban J connectivity index is 0.00000256. The highest BCUT2D eigenvalue weighted by Gasteiger charge is 2.38. The smallest absolute Gasteiger partial charge is 0.266 e. The van der Waals surface area contributed by atoms with Crippen molar-refractivity contribution in [2.24, 2.45) is 5.73 Å². The summed E-state index contributed by atoms with van der Waals surface area (Å²) in [5.41, 5.74) is 8.97. The lowest BCUT2D eigenvalue weighted by atomic mass is 10.0. The van der Waals surface area contributed by atoms with E-state index in [9.17, 15) is 14.4 Å². The van der Waals surface area contributed by atoms with Crippen LogP contribution in [0.3, 0.4) is 0 Å². The summed E-state index contributed by atoms with van der Waals surface area (Å²) in [5, 5.41) is 0. The van der Waals surface area contributed by atoms with Crippen molar-refractivity contribution < 1.29 is 19.1 Å². The molecular formula is C22H24ClN3O4. The molecule has 1 atom stereocenters. The maximum Gasteiger partial charge on any atom is 0.266 e. The molecule has 0 saturated carbocycles. The second-order valence-electron chi connectivity index (χ2n) is 7.48. The van der Waals surface area contributed by atoms with Crippen molar-refractivity contribution in [1.82, 2.24) is 4.90 Å². The van der Waals surface area contributed by atoms with Gasteiger partial charge in [-0.25, -0.2) is 4.90 Å². The number of imide groups is 1. The van der Waals surface area contributed by atoms with Gasteiger partial charge in [-0.15, -0.1) is 12.4 Å². The van der Waals surface area contributed by atoms with E-state index in [2.05, 4.69) is 0 Å². The number of carbonyl (C=O) groups is 3. The maximum absolute atomic E-state index is 13.1. The van der Waals surface area contributed by atoms with E-state index in [1.807, 2.05) is 32.0 Å². The molecule has 2 aromatic carbocycles. The Labute approximate surface area is 181 Å². The third-order valence-corrected chi connectivity index (χ3v) is 5.43. The van der Waals surface area contributed by atoms with Crippen LogP contribution in [-0.4, -0.2) is 55.0 Å². The van der Waals surface area contributed by atoms with Crippen LogP contribution in [0.15, 0.2) is 36.4 Å². The van der Waals surface area contributed by atoms with Crippen molar-refractivity contribution in [2.75, 3.05) is 31.1 Å². The zero-order valence-corrected chi connectivity index (χ0v) is 17.7. The molecule has 2 aliphatic heterocycles. The van der Waals surface area contributed by atoms with E-state index in [0.717, 1.165) is 11.1 Å². The number of rotatable bonds is 3. The fourth-order valence-corrected chi connectivity index (χ4v) is 3.78. The largest absolute Gasteiger partial charge is 0.373 e. The summed E-state index contributed by atoms with van der Waals surface area (Å²) in [5.74, 6) is -0.970. The second-order valence-corrected chi connectivity index (χ2v) is 7.48. The van der Waals surface area contributed by atoms with E-state index in [0.29, 0.717) is 43.1 Å². The number of nitrogens with two attached hydrogens (primary N) is 1. The van der Waals surface area contributed by atoms with Crippen molar-refractivity contribution in [1.29, 1.82) is 0 Å². The Morgan fingerprint density at radius 1 is 1.10 bits per heavy atom. The second kappa shape index (κ2) is 8.55. The molecule has 2 aliphatic rings. The number of benzene rings is 2. The lowest BCUT2D eigenvalue weighted by Crippen LogP contribution is -2.48. The number of aryl methyl sites for hydroxylation is 2. The highest BCUT2D eigenvalue weighted by Crippen LogP contribution is 2.32. The van der Waals surface area contributed by atoms with Crippen LogP contribution in [0.2, 0.25) is 0 Å². The van der Waals surface area contributed by atoms with Gasteiger partial charge in [-0.3, -0.25) is 14.4 Å². The molecule has 0 spiro atoms. The first-order chi connectivity index (χ1) is 13.9. The Bertz CT molecular complexity index is 1020. The summed E-state index contributed by atoms with van der Waals surface area (Å²) in [4.78, 5) is 41.8. The fraction of sp³-hybridized carbons (Fsp3) is 0.318. The summed E-state index contributed by atoms with van der Waals surface area (Å²) in [6, 6.07) is 10.3. The van der Waals surface area contributed by atoms with Gasteiger partial charge in [0.25, 0.3) is 17.7 Å². The number of ether oxygens (including phenoxy) is 1. The molecule has 2 aromatic rings. The van der Waals surface area contributed by atoms with E-state index in [1.165, 1.54) is 11.0 Å². The van der Waals surface area contributed by atoms with Gasteiger partial charge in [0.05, 0.1) is 29.5 Å². The summed E-state index contributed by atoms with van der Waals surface area (Å²) >= 11 is 0. The van der Waals surface area contributed by atoms with Crippen LogP contribution >= 0.6 is 12.4 Å². The Morgan fingerprint density at radius 2 is 1.83 bits per heavy atom. The Morgan fingerprint density at radius 3 is 2.57 bits per heavy atom. The van der Waals surface area contributed by atoms with Crippen LogP contribution in [0.1, 0.15) is 42.2 Å².